The average Bonchev–Trinajstić information content (AvgIpc) is 2.83. The summed E-state index contributed by atoms with van der Waals surface area (Å²) in [5.41, 5.74) is 0.561. The van der Waals surface area contributed by atoms with Crippen LogP contribution in [-0.4, -0.2) is 61.9 Å². The SMILES string of the molecule is Cc1nsc2ncn(C[C@H](O)CN3C[C@H](C)O[C@@H](C)C3)c(=O)c12. The second-order valence-corrected chi connectivity index (χ2v) is 7.03. The number of fused-ring (bicyclic) bond motifs is 1. The maximum Gasteiger partial charge on any atom is 0.264 e. The first kappa shape index (κ1) is 16.5. The normalized spacial score (nSPS) is 24.2. The Morgan fingerprint density at radius 3 is 2.78 bits per heavy atom. The molecule has 1 fully saturated rings. The quantitative estimate of drug-likeness (QED) is 0.881. The lowest BCUT2D eigenvalue weighted by Crippen LogP contribution is -2.48. The Balaban J connectivity index is 1.70. The minimum absolute atomic E-state index is 0.135. The average molecular weight is 338 g/mol. The molecule has 1 aliphatic heterocycles. The third-order valence-corrected chi connectivity index (χ3v) is 4.85. The van der Waals surface area contributed by atoms with Crippen LogP contribution >= 0.6 is 11.5 Å². The molecular weight excluding hydrogens is 316 g/mol. The van der Waals surface area contributed by atoms with Gasteiger partial charge in [-0.1, -0.05) is 0 Å². The number of aryl methyl sites for hydroxylation is 1. The van der Waals surface area contributed by atoms with E-state index in [-0.39, 0.29) is 24.3 Å². The van der Waals surface area contributed by atoms with Gasteiger partial charge in [0.2, 0.25) is 0 Å². The Hall–Kier alpha value is -1.35. The molecule has 1 saturated heterocycles. The van der Waals surface area contributed by atoms with E-state index in [2.05, 4.69) is 14.3 Å². The highest BCUT2D eigenvalue weighted by Crippen LogP contribution is 2.15. The van der Waals surface area contributed by atoms with E-state index in [4.69, 9.17) is 4.74 Å². The van der Waals surface area contributed by atoms with Crippen molar-refractivity contribution in [1.29, 1.82) is 0 Å². The number of ether oxygens (including phenoxy) is 1. The third-order valence-electron chi connectivity index (χ3n) is 4.01. The summed E-state index contributed by atoms with van der Waals surface area (Å²) < 4.78 is 11.3. The maximum absolute atomic E-state index is 12.5. The van der Waals surface area contributed by atoms with Crippen molar-refractivity contribution >= 4 is 21.7 Å². The Bertz CT molecular complexity index is 734. The number of aliphatic hydroxyl groups excluding tert-OH is 1. The molecule has 0 bridgehead atoms. The van der Waals surface area contributed by atoms with Crippen LogP contribution in [-0.2, 0) is 11.3 Å². The number of morpholine rings is 1. The van der Waals surface area contributed by atoms with Crippen molar-refractivity contribution in [3.8, 4) is 0 Å². The zero-order valence-corrected chi connectivity index (χ0v) is 14.4. The van der Waals surface area contributed by atoms with E-state index in [1.54, 1.807) is 6.92 Å². The topological polar surface area (TPSA) is 80.5 Å². The van der Waals surface area contributed by atoms with Gasteiger partial charge in [-0.05, 0) is 32.3 Å². The van der Waals surface area contributed by atoms with Crippen LogP contribution in [0.25, 0.3) is 10.2 Å². The van der Waals surface area contributed by atoms with Gasteiger partial charge in [-0.15, -0.1) is 0 Å². The van der Waals surface area contributed by atoms with Crippen LogP contribution in [0.3, 0.4) is 0 Å². The van der Waals surface area contributed by atoms with E-state index >= 15 is 0 Å². The highest BCUT2D eigenvalue weighted by atomic mass is 32.1. The molecule has 0 aliphatic carbocycles. The number of hydrogen-bond donors (Lipinski definition) is 1. The molecular formula is C15H22N4O3S. The Morgan fingerprint density at radius 1 is 1.39 bits per heavy atom. The Kier molecular flexibility index (Phi) is 4.77. The molecule has 1 aliphatic rings. The summed E-state index contributed by atoms with van der Waals surface area (Å²) in [6, 6.07) is 0. The van der Waals surface area contributed by atoms with Gasteiger partial charge >= 0.3 is 0 Å². The molecule has 2 aromatic rings. The molecule has 126 valence electrons. The fourth-order valence-electron chi connectivity index (χ4n) is 3.16. The first-order valence-electron chi connectivity index (χ1n) is 7.81. The molecule has 3 atom stereocenters. The lowest BCUT2D eigenvalue weighted by atomic mass is 10.2. The number of aliphatic hydroxyl groups is 1. The second-order valence-electron chi connectivity index (χ2n) is 6.28. The maximum atomic E-state index is 12.5. The van der Waals surface area contributed by atoms with Crippen LogP contribution in [0.4, 0.5) is 0 Å². The van der Waals surface area contributed by atoms with Crippen molar-refractivity contribution in [2.75, 3.05) is 19.6 Å². The lowest BCUT2D eigenvalue weighted by Gasteiger charge is -2.36. The third kappa shape index (κ3) is 3.60. The molecule has 0 saturated carbocycles. The van der Waals surface area contributed by atoms with Gasteiger partial charge in [-0.3, -0.25) is 14.3 Å². The number of rotatable bonds is 4. The molecule has 7 nitrogen and oxygen atoms in total. The van der Waals surface area contributed by atoms with Crippen LogP contribution in [0.15, 0.2) is 11.1 Å². The lowest BCUT2D eigenvalue weighted by molar-refractivity contribution is -0.0773. The van der Waals surface area contributed by atoms with Crippen LogP contribution < -0.4 is 5.56 Å². The molecule has 3 heterocycles. The predicted molar refractivity (Wildman–Crippen MR) is 88.9 cm³/mol. The van der Waals surface area contributed by atoms with E-state index in [1.165, 1.54) is 22.4 Å². The zero-order chi connectivity index (χ0) is 16.6. The van der Waals surface area contributed by atoms with E-state index in [1.807, 2.05) is 13.8 Å². The first-order valence-corrected chi connectivity index (χ1v) is 8.58. The summed E-state index contributed by atoms with van der Waals surface area (Å²) in [6.45, 7) is 8.20. The standard InChI is InChI=1S/C15H22N4O3S/c1-9-4-18(5-10(2)22-9)6-12(20)7-19-8-16-14-13(15(19)21)11(3)17-23-14/h8-10,12,20H,4-7H2,1-3H3/t9-,10-,12+/m0/s1. The fraction of sp³-hybridized carbons (Fsp3) is 0.667. The molecule has 3 rings (SSSR count). The van der Waals surface area contributed by atoms with Gasteiger partial charge < -0.3 is 9.84 Å². The van der Waals surface area contributed by atoms with Gasteiger partial charge in [0.05, 0.1) is 42.3 Å². The van der Waals surface area contributed by atoms with Crippen molar-refractivity contribution in [3.63, 3.8) is 0 Å². The van der Waals surface area contributed by atoms with E-state index in [0.29, 0.717) is 22.5 Å². The summed E-state index contributed by atoms with van der Waals surface area (Å²) in [4.78, 5) is 19.6. The van der Waals surface area contributed by atoms with E-state index in [0.717, 1.165) is 13.1 Å². The number of aromatic nitrogens is 3. The van der Waals surface area contributed by atoms with E-state index < -0.39 is 6.10 Å². The van der Waals surface area contributed by atoms with Gasteiger partial charge in [-0.2, -0.15) is 4.37 Å². The molecule has 8 heteroatoms. The predicted octanol–water partition coefficient (Wildman–Crippen LogP) is 0.632. The Labute approximate surface area is 138 Å². The van der Waals surface area contributed by atoms with Gasteiger partial charge in [-0.25, -0.2) is 4.98 Å². The van der Waals surface area contributed by atoms with Gasteiger partial charge in [0.15, 0.2) is 4.83 Å². The van der Waals surface area contributed by atoms with Crippen molar-refractivity contribution in [2.45, 2.75) is 45.6 Å². The molecule has 23 heavy (non-hydrogen) atoms. The summed E-state index contributed by atoms with van der Waals surface area (Å²) in [5.74, 6) is 0. The first-order chi connectivity index (χ1) is 10.9. The van der Waals surface area contributed by atoms with Gasteiger partial charge in [0.1, 0.15) is 0 Å². The highest BCUT2D eigenvalue weighted by molar-refractivity contribution is 7.12. The largest absolute Gasteiger partial charge is 0.390 e. The van der Waals surface area contributed by atoms with Gasteiger partial charge in [0, 0.05) is 19.6 Å². The smallest absolute Gasteiger partial charge is 0.264 e. The highest BCUT2D eigenvalue weighted by Gasteiger charge is 2.24. The Morgan fingerprint density at radius 2 is 2.09 bits per heavy atom. The summed E-state index contributed by atoms with van der Waals surface area (Å²) >= 11 is 1.23. The summed E-state index contributed by atoms with van der Waals surface area (Å²) in [7, 11) is 0. The number of nitrogens with zero attached hydrogens (tertiary/aromatic N) is 4. The monoisotopic (exact) mass is 338 g/mol. The second kappa shape index (κ2) is 6.64. The van der Waals surface area contributed by atoms with Gasteiger partial charge in [0.25, 0.3) is 5.56 Å². The summed E-state index contributed by atoms with van der Waals surface area (Å²) in [5, 5.41) is 10.9. The zero-order valence-electron chi connectivity index (χ0n) is 13.6. The van der Waals surface area contributed by atoms with Crippen LogP contribution in [0.2, 0.25) is 0 Å². The van der Waals surface area contributed by atoms with Crippen LogP contribution in [0.1, 0.15) is 19.5 Å². The summed E-state index contributed by atoms with van der Waals surface area (Å²) in [6.07, 6.45) is 1.18. The molecule has 0 spiro atoms. The fourth-order valence-corrected chi connectivity index (χ4v) is 3.89. The van der Waals surface area contributed by atoms with Crippen molar-refractivity contribution in [1.82, 2.24) is 18.8 Å². The minimum Gasteiger partial charge on any atom is -0.390 e. The van der Waals surface area contributed by atoms with E-state index in [9.17, 15) is 9.90 Å². The van der Waals surface area contributed by atoms with Crippen molar-refractivity contribution < 1.29 is 9.84 Å². The van der Waals surface area contributed by atoms with Crippen LogP contribution in [0.5, 0.6) is 0 Å². The molecule has 0 amide bonds. The molecule has 0 unspecified atom stereocenters. The van der Waals surface area contributed by atoms with Crippen molar-refractivity contribution in [2.24, 2.45) is 0 Å². The number of hydrogen-bond acceptors (Lipinski definition) is 7. The molecule has 1 N–H and O–H groups in total. The molecule has 0 aromatic carbocycles. The van der Waals surface area contributed by atoms with Crippen LogP contribution in [0, 0.1) is 6.92 Å². The van der Waals surface area contributed by atoms with Crippen molar-refractivity contribution in [3.05, 3.63) is 22.4 Å². The number of β-amino-alcohol motifs (C(OH)–C–C–N with tert-alkyl or cyclic N) is 1. The molecule has 2 aromatic heterocycles. The minimum atomic E-state index is -0.628. The molecule has 0 radical (unpaired) electrons.